The van der Waals surface area contributed by atoms with Crippen LogP contribution in [-0.2, 0) is 0 Å². The zero-order valence-electron chi connectivity index (χ0n) is 9.05. The Labute approximate surface area is 85.3 Å². The highest BCUT2D eigenvalue weighted by atomic mass is 16.1. The summed E-state index contributed by atoms with van der Waals surface area (Å²) in [5.74, 6) is 0.0439. The largest absolute Gasteiger partial charge is 0.352 e. The lowest BCUT2D eigenvalue weighted by molar-refractivity contribution is 0.0952. The van der Waals surface area contributed by atoms with E-state index in [4.69, 9.17) is 0 Å². The van der Waals surface area contributed by atoms with E-state index in [2.05, 4.69) is 5.32 Å². The van der Waals surface area contributed by atoms with Gasteiger partial charge in [0.2, 0.25) is 0 Å². The summed E-state index contributed by atoms with van der Waals surface area (Å²) in [5, 5.41) is 2.89. The van der Waals surface area contributed by atoms with Crippen LogP contribution in [0.4, 0.5) is 0 Å². The lowest BCUT2D eigenvalue weighted by atomic mass is 10.0. The van der Waals surface area contributed by atoms with E-state index in [0.29, 0.717) is 0 Å². The molecule has 1 N–H and O–H groups in total. The summed E-state index contributed by atoms with van der Waals surface area (Å²) >= 11 is 0. The van der Waals surface area contributed by atoms with E-state index in [9.17, 15) is 4.79 Å². The van der Waals surface area contributed by atoms with Gasteiger partial charge in [0, 0.05) is 12.1 Å². The van der Waals surface area contributed by atoms with Crippen molar-refractivity contribution in [2.45, 2.75) is 27.2 Å². The van der Waals surface area contributed by atoms with Gasteiger partial charge < -0.3 is 5.32 Å². The van der Waals surface area contributed by atoms with Gasteiger partial charge in [-0.05, 0) is 31.4 Å². The monoisotopic (exact) mass is 191 g/mol. The summed E-state index contributed by atoms with van der Waals surface area (Å²) in [5.41, 5.74) is 2.90. The fourth-order valence-corrected chi connectivity index (χ4v) is 1.50. The van der Waals surface area contributed by atoms with Crippen molar-refractivity contribution < 1.29 is 4.79 Å². The molecule has 0 saturated carbocycles. The van der Waals surface area contributed by atoms with Gasteiger partial charge in [0.05, 0.1) is 0 Å². The molecule has 0 aliphatic rings. The molecule has 76 valence electrons. The van der Waals surface area contributed by atoms with Gasteiger partial charge in [-0.15, -0.1) is 0 Å². The topological polar surface area (TPSA) is 29.1 Å². The fraction of sp³-hybridized carbons (Fsp3) is 0.417. The molecule has 0 heterocycles. The van der Waals surface area contributed by atoms with E-state index in [1.165, 1.54) is 0 Å². The maximum Gasteiger partial charge on any atom is 0.251 e. The molecule has 2 nitrogen and oxygen atoms in total. The minimum Gasteiger partial charge on any atom is -0.352 e. The Hall–Kier alpha value is -1.31. The predicted molar refractivity (Wildman–Crippen MR) is 58.5 cm³/mol. The standard InChI is InChI=1S/C12H17NO/c1-4-8-13-12(14)11-9(2)6-5-7-10(11)3/h5-7H,4,8H2,1-3H3,(H,13,14). The second-order valence-electron chi connectivity index (χ2n) is 3.52. The first kappa shape index (κ1) is 10.8. The predicted octanol–water partition coefficient (Wildman–Crippen LogP) is 2.44. The smallest absolute Gasteiger partial charge is 0.251 e. The fourth-order valence-electron chi connectivity index (χ4n) is 1.50. The third-order valence-corrected chi connectivity index (χ3v) is 2.24. The molecule has 1 aromatic rings. The van der Waals surface area contributed by atoms with Crippen molar-refractivity contribution in [2.75, 3.05) is 6.54 Å². The Morgan fingerprint density at radius 3 is 2.36 bits per heavy atom. The van der Waals surface area contributed by atoms with Gasteiger partial charge in [0.1, 0.15) is 0 Å². The Morgan fingerprint density at radius 2 is 1.86 bits per heavy atom. The zero-order valence-corrected chi connectivity index (χ0v) is 9.05. The molecule has 0 radical (unpaired) electrons. The van der Waals surface area contributed by atoms with Crippen LogP contribution in [0.25, 0.3) is 0 Å². The summed E-state index contributed by atoms with van der Waals surface area (Å²) in [6.07, 6.45) is 0.969. The molecular weight excluding hydrogens is 174 g/mol. The van der Waals surface area contributed by atoms with E-state index < -0.39 is 0 Å². The summed E-state index contributed by atoms with van der Waals surface area (Å²) < 4.78 is 0. The van der Waals surface area contributed by atoms with E-state index in [0.717, 1.165) is 29.7 Å². The maximum absolute atomic E-state index is 11.7. The van der Waals surface area contributed by atoms with Crippen LogP contribution in [-0.4, -0.2) is 12.5 Å². The molecule has 1 rings (SSSR count). The summed E-state index contributed by atoms with van der Waals surface area (Å²) in [6.45, 7) is 6.72. The van der Waals surface area contributed by atoms with Crippen LogP contribution in [0.3, 0.4) is 0 Å². The molecule has 0 aliphatic heterocycles. The van der Waals surface area contributed by atoms with Crippen molar-refractivity contribution >= 4 is 5.91 Å². The number of aryl methyl sites for hydroxylation is 2. The van der Waals surface area contributed by atoms with Crippen molar-refractivity contribution in [1.29, 1.82) is 0 Å². The molecule has 0 spiro atoms. The van der Waals surface area contributed by atoms with E-state index in [-0.39, 0.29) is 5.91 Å². The molecule has 0 saturated heterocycles. The Balaban J connectivity index is 2.89. The number of rotatable bonds is 3. The average Bonchev–Trinajstić information content (AvgIpc) is 2.14. The molecule has 1 amide bonds. The van der Waals surface area contributed by atoms with Crippen molar-refractivity contribution in [1.82, 2.24) is 5.32 Å². The quantitative estimate of drug-likeness (QED) is 0.781. The molecular formula is C12H17NO. The Bertz CT molecular complexity index is 311. The zero-order chi connectivity index (χ0) is 10.6. The third kappa shape index (κ3) is 2.34. The maximum atomic E-state index is 11.7. The number of carbonyl (C=O) groups excluding carboxylic acids is 1. The van der Waals surface area contributed by atoms with Gasteiger partial charge in [-0.1, -0.05) is 25.1 Å². The number of hydrogen-bond donors (Lipinski definition) is 1. The molecule has 0 atom stereocenters. The van der Waals surface area contributed by atoms with Gasteiger partial charge in [-0.2, -0.15) is 0 Å². The minimum absolute atomic E-state index is 0.0439. The number of benzene rings is 1. The molecule has 2 heteroatoms. The van der Waals surface area contributed by atoms with Crippen molar-refractivity contribution in [3.8, 4) is 0 Å². The lowest BCUT2D eigenvalue weighted by Gasteiger charge is -2.09. The second kappa shape index (κ2) is 4.80. The number of amides is 1. The van der Waals surface area contributed by atoms with Crippen molar-refractivity contribution in [2.24, 2.45) is 0 Å². The second-order valence-corrected chi connectivity index (χ2v) is 3.52. The van der Waals surface area contributed by atoms with Crippen LogP contribution >= 0.6 is 0 Å². The number of hydrogen-bond acceptors (Lipinski definition) is 1. The highest BCUT2D eigenvalue weighted by Gasteiger charge is 2.09. The molecule has 0 aliphatic carbocycles. The van der Waals surface area contributed by atoms with Crippen LogP contribution in [0.15, 0.2) is 18.2 Å². The Morgan fingerprint density at radius 1 is 1.29 bits per heavy atom. The molecule has 0 bridgehead atoms. The third-order valence-electron chi connectivity index (χ3n) is 2.24. The summed E-state index contributed by atoms with van der Waals surface area (Å²) in [6, 6.07) is 5.91. The molecule has 0 fully saturated rings. The summed E-state index contributed by atoms with van der Waals surface area (Å²) in [4.78, 5) is 11.7. The first-order valence-corrected chi connectivity index (χ1v) is 5.01. The lowest BCUT2D eigenvalue weighted by Crippen LogP contribution is -2.25. The SMILES string of the molecule is CCCNC(=O)c1c(C)cccc1C. The van der Waals surface area contributed by atoms with Gasteiger partial charge in [-0.25, -0.2) is 0 Å². The van der Waals surface area contributed by atoms with E-state index in [1.807, 2.05) is 39.0 Å². The Kier molecular flexibility index (Phi) is 3.69. The summed E-state index contributed by atoms with van der Waals surface area (Å²) in [7, 11) is 0. The van der Waals surface area contributed by atoms with Crippen LogP contribution in [0.2, 0.25) is 0 Å². The minimum atomic E-state index is 0.0439. The molecule has 0 unspecified atom stereocenters. The van der Waals surface area contributed by atoms with Gasteiger partial charge in [0.15, 0.2) is 0 Å². The van der Waals surface area contributed by atoms with Crippen LogP contribution in [0, 0.1) is 13.8 Å². The van der Waals surface area contributed by atoms with E-state index >= 15 is 0 Å². The van der Waals surface area contributed by atoms with Gasteiger partial charge in [0.25, 0.3) is 5.91 Å². The molecule has 1 aromatic carbocycles. The van der Waals surface area contributed by atoms with Crippen LogP contribution < -0.4 is 5.32 Å². The van der Waals surface area contributed by atoms with Gasteiger partial charge >= 0.3 is 0 Å². The first-order chi connectivity index (χ1) is 6.66. The highest BCUT2D eigenvalue weighted by molar-refractivity contribution is 5.96. The van der Waals surface area contributed by atoms with E-state index in [1.54, 1.807) is 0 Å². The average molecular weight is 191 g/mol. The van der Waals surface area contributed by atoms with Crippen LogP contribution in [0.5, 0.6) is 0 Å². The van der Waals surface area contributed by atoms with Gasteiger partial charge in [-0.3, -0.25) is 4.79 Å². The van der Waals surface area contributed by atoms with Crippen molar-refractivity contribution in [3.63, 3.8) is 0 Å². The first-order valence-electron chi connectivity index (χ1n) is 5.01. The normalized spacial score (nSPS) is 9.93. The molecule has 14 heavy (non-hydrogen) atoms. The molecule has 0 aromatic heterocycles. The number of nitrogens with one attached hydrogen (secondary N) is 1. The highest BCUT2D eigenvalue weighted by Crippen LogP contribution is 2.12. The van der Waals surface area contributed by atoms with Crippen LogP contribution in [0.1, 0.15) is 34.8 Å². The van der Waals surface area contributed by atoms with Crippen molar-refractivity contribution in [3.05, 3.63) is 34.9 Å². The number of carbonyl (C=O) groups is 1.